The first-order valence-electron chi connectivity index (χ1n) is 7.66. The zero-order valence-corrected chi connectivity index (χ0v) is 12.4. The van der Waals surface area contributed by atoms with E-state index in [4.69, 9.17) is 9.47 Å². The van der Waals surface area contributed by atoms with Gasteiger partial charge in [-0.05, 0) is 30.0 Å². The van der Waals surface area contributed by atoms with Gasteiger partial charge in [0, 0.05) is 0 Å². The van der Waals surface area contributed by atoms with E-state index in [0.717, 1.165) is 17.7 Å². The first-order chi connectivity index (χ1) is 9.78. The highest BCUT2D eigenvalue weighted by molar-refractivity contribution is 5.26. The van der Waals surface area contributed by atoms with Crippen molar-refractivity contribution in [3.05, 3.63) is 29.8 Å². The highest BCUT2D eigenvalue weighted by atomic mass is 16.5. The Morgan fingerprint density at radius 2 is 1.85 bits per heavy atom. The number of benzene rings is 1. The SMILES string of the molecule is COc1ccc(COC[C@@H](O)CC2CCCCC2)cc1. The van der Waals surface area contributed by atoms with E-state index in [-0.39, 0.29) is 6.10 Å². The van der Waals surface area contributed by atoms with Crippen molar-refractivity contribution in [3.63, 3.8) is 0 Å². The Kier molecular flexibility index (Phi) is 6.34. The van der Waals surface area contributed by atoms with Crippen LogP contribution in [0.4, 0.5) is 0 Å². The molecule has 1 atom stereocenters. The molecule has 20 heavy (non-hydrogen) atoms. The molecule has 0 radical (unpaired) electrons. The van der Waals surface area contributed by atoms with Gasteiger partial charge in [0.05, 0.1) is 26.4 Å². The standard InChI is InChI=1S/C17H26O3/c1-19-17-9-7-15(8-10-17)12-20-13-16(18)11-14-5-3-2-4-6-14/h7-10,14,16,18H,2-6,11-13H2,1H3/t16-/m0/s1. The van der Waals surface area contributed by atoms with Crippen LogP contribution < -0.4 is 4.74 Å². The summed E-state index contributed by atoms with van der Waals surface area (Å²) in [4.78, 5) is 0. The summed E-state index contributed by atoms with van der Waals surface area (Å²) in [6.45, 7) is 0.980. The summed E-state index contributed by atoms with van der Waals surface area (Å²) in [6, 6.07) is 7.84. The number of aliphatic hydroxyl groups excluding tert-OH is 1. The second kappa shape index (κ2) is 8.28. The lowest BCUT2D eigenvalue weighted by Gasteiger charge is -2.23. The lowest BCUT2D eigenvalue weighted by molar-refractivity contribution is 0.0137. The third kappa shape index (κ3) is 5.14. The van der Waals surface area contributed by atoms with Gasteiger partial charge in [0.2, 0.25) is 0 Å². The van der Waals surface area contributed by atoms with Crippen LogP contribution in [-0.2, 0) is 11.3 Å². The van der Waals surface area contributed by atoms with Crippen LogP contribution in [-0.4, -0.2) is 24.9 Å². The molecular formula is C17H26O3. The van der Waals surface area contributed by atoms with E-state index < -0.39 is 0 Å². The van der Waals surface area contributed by atoms with Crippen molar-refractivity contribution in [1.29, 1.82) is 0 Å². The highest BCUT2D eigenvalue weighted by Gasteiger charge is 2.17. The van der Waals surface area contributed by atoms with Gasteiger partial charge in [0.25, 0.3) is 0 Å². The van der Waals surface area contributed by atoms with Crippen LogP contribution in [0, 0.1) is 5.92 Å². The minimum Gasteiger partial charge on any atom is -0.497 e. The molecular weight excluding hydrogens is 252 g/mol. The highest BCUT2D eigenvalue weighted by Crippen LogP contribution is 2.27. The summed E-state index contributed by atoms with van der Waals surface area (Å²) >= 11 is 0. The largest absolute Gasteiger partial charge is 0.497 e. The van der Waals surface area contributed by atoms with Crippen molar-refractivity contribution in [2.45, 2.75) is 51.2 Å². The quantitative estimate of drug-likeness (QED) is 0.829. The van der Waals surface area contributed by atoms with Crippen LogP contribution in [0.25, 0.3) is 0 Å². The molecule has 0 aromatic heterocycles. The van der Waals surface area contributed by atoms with Gasteiger partial charge in [0.1, 0.15) is 5.75 Å². The predicted molar refractivity (Wildman–Crippen MR) is 79.8 cm³/mol. The molecule has 0 aliphatic heterocycles. The molecule has 1 saturated carbocycles. The van der Waals surface area contributed by atoms with Crippen LogP contribution in [0.5, 0.6) is 5.75 Å². The van der Waals surface area contributed by atoms with Crippen LogP contribution in [0.3, 0.4) is 0 Å². The zero-order valence-electron chi connectivity index (χ0n) is 12.4. The maximum atomic E-state index is 10.0. The number of ether oxygens (including phenoxy) is 2. The zero-order chi connectivity index (χ0) is 14.2. The van der Waals surface area contributed by atoms with Gasteiger partial charge in [-0.15, -0.1) is 0 Å². The molecule has 0 heterocycles. The Morgan fingerprint density at radius 3 is 2.50 bits per heavy atom. The Balaban J connectivity index is 1.63. The summed E-state index contributed by atoms with van der Waals surface area (Å²) in [6.07, 6.45) is 7.12. The molecule has 3 heteroatoms. The summed E-state index contributed by atoms with van der Waals surface area (Å²) in [5.41, 5.74) is 1.11. The average molecular weight is 278 g/mol. The van der Waals surface area contributed by atoms with Crippen molar-refractivity contribution in [1.82, 2.24) is 0 Å². The van der Waals surface area contributed by atoms with Gasteiger partial charge in [0.15, 0.2) is 0 Å². The molecule has 0 unspecified atom stereocenters. The fraction of sp³-hybridized carbons (Fsp3) is 0.647. The molecule has 0 saturated heterocycles. The van der Waals surface area contributed by atoms with Crippen molar-refractivity contribution in [2.24, 2.45) is 5.92 Å². The number of hydrogen-bond donors (Lipinski definition) is 1. The monoisotopic (exact) mass is 278 g/mol. The van der Waals surface area contributed by atoms with Gasteiger partial charge >= 0.3 is 0 Å². The Labute approximate surface area is 121 Å². The molecule has 112 valence electrons. The molecule has 0 amide bonds. The van der Waals surface area contributed by atoms with E-state index in [9.17, 15) is 5.11 Å². The fourth-order valence-electron chi connectivity index (χ4n) is 2.91. The smallest absolute Gasteiger partial charge is 0.118 e. The second-order valence-electron chi connectivity index (χ2n) is 5.76. The maximum absolute atomic E-state index is 10.0. The predicted octanol–water partition coefficient (Wildman–Crippen LogP) is 3.54. The third-order valence-electron chi connectivity index (χ3n) is 4.07. The van der Waals surface area contributed by atoms with Crippen molar-refractivity contribution >= 4 is 0 Å². The summed E-state index contributed by atoms with van der Waals surface area (Å²) in [7, 11) is 1.66. The van der Waals surface area contributed by atoms with E-state index in [1.807, 2.05) is 24.3 Å². The van der Waals surface area contributed by atoms with Crippen molar-refractivity contribution in [3.8, 4) is 5.75 Å². The van der Waals surface area contributed by atoms with Crippen LogP contribution in [0.2, 0.25) is 0 Å². The minimum atomic E-state index is -0.323. The van der Waals surface area contributed by atoms with E-state index in [2.05, 4.69) is 0 Å². The van der Waals surface area contributed by atoms with E-state index in [1.54, 1.807) is 7.11 Å². The topological polar surface area (TPSA) is 38.7 Å². The molecule has 1 aromatic rings. The van der Waals surface area contributed by atoms with Gasteiger partial charge < -0.3 is 14.6 Å². The fourth-order valence-corrected chi connectivity index (χ4v) is 2.91. The molecule has 2 rings (SSSR count). The van der Waals surface area contributed by atoms with Gasteiger partial charge in [-0.3, -0.25) is 0 Å². The second-order valence-corrected chi connectivity index (χ2v) is 5.76. The summed E-state index contributed by atoms with van der Waals surface area (Å²) in [5.74, 6) is 1.55. The molecule has 1 aliphatic rings. The minimum absolute atomic E-state index is 0.323. The summed E-state index contributed by atoms with van der Waals surface area (Å²) < 4.78 is 10.7. The Bertz CT molecular complexity index is 368. The third-order valence-corrected chi connectivity index (χ3v) is 4.07. The van der Waals surface area contributed by atoms with Crippen LogP contribution in [0.15, 0.2) is 24.3 Å². The van der Waals surface area contributed by atoms with Crippen LogP contribution >= 0.6 is 0 Å². The lowest BCUT2D eigenvalue weighted by Crippen LogP contribution is -2.21. The molecule has 1 fully saturated rings. The molecule has 0 spiro atoms. The Morgan fingerprint density at radius 1 is 1.15 bits per heavy atom. The molecule has 3 nitrogen and oxygen atoms in total. The molecule has 1 aliphatic carbocycles. The van der Waals surface area contributed by atoms with Crippen LogP contribution in [0.1, 0.15) is 44.1 Å². The van der Waals surface area contributed by atoms with Gasteiger partial charge in [-0.25, -0.2) is 0 Å². The maximum Gasteiger partial charge on any atom is 0.118 e. The average Bonchev–Trinajstić information content (AvgIpc) is 2.49. The van der Waals surface area contributed by atoms with Crippen molar-refractivity contribution < 1.29 is 14.6 Å². The molecule has 0 bridgehead atoms. The lowest BCUT2D eigenvalue weighted by atomic mass is 9.85. The normalized spacial score (nSPS) is 17.9. The van der Waals surface area contributed by atoms with E-state index in [1.165, 1.54) is 32.1 Å². The van der Waals surface area contributed by atoms with Gasteiger partial charge in [-0.1, -0.05) is 44.2 Å². The van der Waals surface area contributed by atoms with E-state index in [0.29, 0.717) is 19.1 Å². The van der Waals surface area contributed by atoms with Gasteiger partial charge in [-0.2, -0.15) is 0 Å². The number of rotatable bonds is 7. The van der Waals surface area contributed by atoms with E-state index >= 15 is 0 Å². The first-order valence-corrected chi connectivity index (χ1v) is 7.66. The molecule has 1 N–H and O–H groups in total. The summed E-state index contributed by atoms with van der Waals surface area (Å²) in [5, 5.41) is 10.0. The number of aliphatic hydroxyl groups is 1. The molecule has 1 aromatic carbocycles. The van der Waals surface area contributed by atoms with Crippen molar-refractivity contribution in [2.75, 3.05) is 13.7 Å². The number of methoxy groups -OCH3 is 1. The Hall–Kier alpha value is -1.06. The first kappa shape index (κ1) is 15.3. The number of hydrogen-bond acceptors (Lipinski definition) is 3.